The van der Waals surface area contributed by atoms with Gasteiger partial charge in [0.05, 0.1) is 0 Å². The fraction of sp³-hybridized carbons (Fsp3) is 0.263. The van der Waals surface area contributed by atoms with Crippen LogP contribution in [0.5, 0.6) is 0 Å². The van der Waals surface area contributed by atoms with Gasteiger partial charge in [-0.15, -0.1) is 0 Å². The van der Waals surface area contributed by atoms with Gasteiger partial charge in [-0.3, -0.25) is 0 Å². The summed E-state index contributed by atoms with van der Waals surface area (Å²) in [5.74, 6) is 0. The van der Waals surface area contributed by atoms with Gasteiger partial charge in [0.1, 0.15) is 0 Å². The molecule has 1 heteroatoms. The Kier molecular flexibility index (Phi) is 4.17. The van der Waals surface area contributed by atoms with Crippen molar-refractivity contribution in [1.82, 2.24) is 0 Å². The van der Waals surface area contributed by atoms with E-state index in [1.165, 1.54) is 30.6 Å². The first-order valence-electron chi connectivity index (χ1n) is 7.47. The minimum absolute atomic E-state index is 0.650. The van der Waals surface area contributed by atoms with Gasteiger partial charge in [0, 0.05) is 18.3 Å². The molecule has 0 radical (unpaired) electrons. The Morgan fingerprint density at radius 2 is 1.65 bits per heavy atom. The standard InChI is InChI=1S/C19H21N/c1-3-9-17(10-4-1)11-7-14-19-15-8-16-20(19)18-12-5-2-6-13-18/h1-7,9-13,19H,8,14-16H2/b11-7-. The number of para-hydroxylation sites is 1. The van der Waals surface area contributed by atoms with Gasteiger partial charge in [0.2, 0.25) is 0 Å². The zero-order valence-electron chi connectivity index (χ0n) is 11.8. The van der Waals surface area contributed by atoms with Crippen molar-refractivity contribution in [2.45, 2.75) is 25.3 Å². The summed E-state index contributed by atoms with van der Waals surface area (Å²) in [7, 11) is 0. The van der Waals surface area contributed by atoms with Gasteiger partial charge in [-0.2, -0.15) is 0 Å². The Balaban J connectivity index is 1.64. The summed E-state index contributed by atoms with van der Waals surface area (Å²) >= 11 is 0. The lowest BCUT2D eigenvalue weighted by molar-refractivity contribution is 0.678. The number of rotatable bonds is 4. The van der Waals surface area contributed by atoms with E-state index in [1.54, 1.807) is 0 Å². The Labute approximate surface area is 121 Å². The number of nitrogens with zero attached hydrogens (tertiary/aromatic N) is 1. The Morgan fingerprint density at radius 1 is 0.950 bits per heavy atom. The monoisotopic (exact) mass is 263 g/mol. The molecule has 1 unspecified atom stereocenters. The van der Waals surface area contributed by atoms with Crippen LogP contribution >= 0.6 is 0 Å². The van der Waals surface area contributed by atoms with Crippen molar-refractivity contribution in [2.24, 2.45) is 0 Å². The molecule has 0 saturated carbocycles. The summed E-state index contributed by atoms with van der Waals surface area (Å²) in [6.07, 6.45) is 8.29. The first kappa shape index (κ1) is 13.0. The molecule has 3 rings (SSSR count). The summed E-state index contributed by atoms with van der Waals surface area (Å²) in [5.41, 5.74) is 2.65. The van der Waals surface area contributed by atoms with Gasteiger partial charge < -0.3 is 4.90 Å². The molecular formula is C19H21N. The van der Waals surface area contributed by atoms with E-state index in [4.69, 9.17) is 0 Å². The molecule has 2 aromatic rings. The van der Waals surface area contributed by atoms with Crippen molar-refractivity contribution in [3.8, 4) is 0 Å². The highest BCUT2D eigenvalue weighted by molar-refractivity contribution is 5.50. The zero-order chi connectivity index (χ0) is 13.6. The minimum atomic E-state index is 0.650. The first-order chi connectivity index (χ1) is 9.93. The van der Waals surface area contributed by atoms with E-state index in [1.807, 2.05) is 0 Å². The van der Waals surface area contributed by atoms with Gasteiger partial charge in [-0.25, -0.2) is 0 Å². The third kappa shape index (κ3) is 3.11. The molecule has 1 heterocycles. The van der Waals surface area contributed by atoms with Crippen molar-refractivity contribution in [1.29, 1.82) is 0 Å². The number of anilines is 1. The van der Waals surface area contributed by atoms with E-state index in [-0.39, 0.29) is 0 Å². The second kappa shape index (κ2) is 6.42. The van der Waals surface area contributed by atoms with Gasteiger partial charge in [-0.05, 0) is 37.0 Å². The number of hydrogen-bond acceptors (Lipinski definition) is 1. The van der Waals surface area contributed by atoms with Crippen molar-refractivity contribution < 1.29 is 0 Å². The highest BCUT2D eigenvalue weighted by atomic mass is 15.2. The molecule has 1 aliphatic rings. The molecule has 1 aliphatic heterocycles. The Hall–Kier alpha value is -2.02. The van der Waals surface area contributed by atoms with Crippen LogP contribution in [0.2, 0.25) is 0 Å². The van der Waals surface area contributed by atoms with Crippen LogP contribution in [0.3, 0.4) is 0 Å². The lowest BCUT2D eigenvalue weighted by atomic mass is 10.1. The highest BCUT2D eigenvalue weighted by Crippen LogP contribution is 2.27. The maximum absolute atomic E-state index is 2.55. The molecule has 1 fully saturated rings. The number of benzene rings is 2. The fourth-order valence-electron chi connectivity index (χ4n) is 2.97. The molecule has 0 bridgehead atoms. The third-order valence-electron chi connectivity index (χ3n) is 3.98. The second-order valence-corrected chi connectivity index (χ2v) is 5.37. The topological polar surface area (TPSA) is 3.24 Å². The average molecular weight is 263 g/mol. The normalized spacial score (nSPS) is 18.8. The first-order valence-corrected chi connectivity index (χ1v) is 7.47. The summed E-state index contributed by atoms with van der Waals surface area (Å²) in [5, 5.41) is 0. The van der Waals surface area contributed by atoms with Crippen LogP contribution in [0, 0.1) is 0 Å². The maximum atomic E-state index is 2.55. The SMILES string of the molecule is C(=C/c1ccccc1)/CC1CCCN1c1ccccc1. The number of hydrogen-bond donors (Lipinski definition) is 0. The fourth-order valence-corrected chi connectivity index (χ4v) is 2.97. The van der Waals surface area contributed by atoms with E-state index in [0.29, 0.717) is 6.04 Å². The molecule has 1 saturated heterocycles. The lowest BCUT2D eigenvalue weighted by Crippen LogP contribution is -2.28. The van der Waals surface area contributed by atoms with Crippen LogP contribution in [0.1, 0.15) is 24.8 Å². The highest BCUT2D eigenvalue weighted by Gasteiger charge is 2.23. The van der Waals surface area contributed by atoms with E-state index in [0.717, 1.165) is 6.42 Å². The van der Waals surface area contributed by atoms with Gasteiger partial charge in [0.15, 0.2) is 0 Å². The van der Waals surface area contributed by atoms with Gasteiger partial charge in [-0.1, -0.05) is 60.7 Å². The van der Waals surface area contributed by atoms with Crippen molar-refractivity contribution >= 4 is 11.8 Å². The van der Waals surface area contributed by atoms with Crippen molar-refractivity contribution in [3.05, 3.63) is 72.3 Å². The quantitative estimate of drug-likeness (QED) is 0.768. The predicted molar refractivity (Wildman–Crippen MR) is 86.9 cm³/mol. The Bertz CT molecular complexity index is 544. The van der Waals surface area contributed by atoms with Crippen LogP contribution < -0.4 is 4.90 Å². The molecule has 102 valence electrons. The van der Waals surface area contributed by atoms with Crippen LogP contribution in [0.15, 0.2) is 66.7 Å². The smallest absolute Gasteiger partial charge is 0.0368 e. The molecule has 20 heavy (non-hydrogen) atoms. The van der Waals surface area contributed by atoms with Crippen LogP contribution in [0.25, 0.3) is 6.08 Å². The predicted octanol–water partition coefficient (Wildman–Crippen LogP) is 4.76. The molecule has 0 spiro atoms. The molecule has 0 aliphatic carbocycles. The molecule has 1 atom stereocenters. The Morgan fingerprint density at radius 3 is 2.40 bits per heavy atom. The van der Waals surface area contributed by atoms with Gasteiger partial charge >= 0.3 is 0 Å². The second-order valence-electron chi connectivity index (χ2n) is 5.37. The average Bonchev–Trinajstić information content (AvgIpc) is 2.98. The van der Waals surface area contributed by atoms with Crippen molar-refractivity contribution in [3.63, 3.8) is 0 Å². The summed E-state index contributed by atoms with van der Waals surface area (Å²) in [6, 6.07) is 22.0. The third-order valence-corrected chi connectivity index (χ3v) is 3.98. The summed E-state index contributed by atoms with van der Waals surface area (Å²) in [4.78, 5) is 2.55. The van der Waals surface area contributed by atoms with Crippen LogP contribution in [-0.4, -0.2) is 12.6 Å². The van der Waals surface area contributed by atoms with E-state index in [2.05, 4.69) is 77.7 Å². The van der Waals surface area contributed by atoms with E-state index in [9.17, 15) is 0 Å². The van der Waals surface area contributed by atoms with Crippen LogP contribution in [0.4, 0.5) is 5.69 Å². The summed E-state index contributed by atoms with van der Waals surface area (Å²) < 4.78 is 0. The molecule has 0 aromatic heterocycles. The lowest BCUT2D eigenvalue weighted by Gasteiger charge is -2.26. The van der Waals surface area contributed by atoms with E-state index < -0.39 is 0 Å². The maximum Gasteiger partial charge on any atom is 0.0368 e. The zero-order valence-corrected chi connectivity index (χ0v) is 11.8. The molecule has 2 aromatic carbocycles. The van der Waals surface area contributed by atoms with Gasteiger partial charge in [0.25, 0.3) is 0 Å². The molecule has 1 nitrogen and oxygen atoms in total. The molecule has 0 amide bonds. The van der Waals surface area contributed by atoms with E-state index >= 15 is 0 Å². The van der Waals surface area contributed by atoms with Crippen LogP contribution in [-0.2, 0) is 0 Å². The molecule has 0 N–H and O–H groups in total. The largest absolute Gasteiger partial charge is 0.368 e. The van der Waals surface area contributed by atoms with Crippen molar-refractivity contribution in [2.75, 3.05) is 11.4 Å². The molecular weight excluding hydrogens is 242 g/mol. The summed E-state index contributed by atoms with van der Waals surface area (Å²) in [6.45, 7) is 1.19. The minimum Gasteiger partial charge on any atom is -0.368 e.